The molecule has 0 saturated heterocycles. The Morgan fingerprint density at radius 3 is 3.06 bits per heavy atom. The second kappa shape index (κ2) is 3.33. The third-order valence-electron chi connectivity index (χ3n) is 2.98. The highest BCUT2D eigenvalue weighted by Crippen LogP contribution is 2.15. The van der Waals surface area contributed by atoms with E-state index in [0.29, 0.717) is 12.4 Å². The van der Waals surface area contributed by atoms with E-state index in [9.17, 15) is 0 Å². The first-order valence-corrected chi connectivity index (χ1v) is 5.45. The molecule has 2 aromatic heterocycles. The fourth-order valence-electron chi connectivity index (χ4n) is 2.16. The molecule has 16 heavy (non-hydrogen) atoms. The number of nitrogens with two attached hydrogens (primary N) is 1. The minimum absolute atomic E-state index is 0.554. The first-order chi connectivity index (χ1) is 7.74. The Morgan fingerprint density at radius 1 is 1.44 bits per heavy atom. The van der Waals surface area contributed by atoms with Crippen LogP contribution < -0.4 is 5.73 Å². The SMILES string of the molecule is Cc1cc(N)nn1Cc1nnc2n1CCC2. The second-order valence-electron chi connectivity index (χ2n) is 4.16. The molecule has 2 N–H and O–H groups in total. The smallest absolute Gasteiger partial charge is 0.154 e. The molecule has 6 heteroatoms. The van der Waals surface area contributed by atoms with Crippen molar-refractivity contribution in [3.05, 3.63) is 23.4 Å². The van der Waals surface area contributed by atoms with Gasteiger partial charge in [0, 0.05) is 24.7 Å². The Kier molecular flexibility index (Phi) is 1.95. The summed E-state index contributed by atoms with van der Waals surface area (Å²) in [6.45, 7) is 3.66. The van der Waals surface area contributed by atoms with E-state index >= 15 is 0 Å². The fraction of sp³-hybridized carbons (Fsp3) is 0.500. The highest BCUT2D eigenvalue weighted by atomic mass is 15.4. The molecule has 6 nitrogen and oxygen atoms in total. The van der Waals surface area contributed by atoms with Gasteiger partial charge in [0.25, 0.3) is 0 Å². The lowest BCUT2D eigenvalue weighted by atomic mass is 10.4. The van der Waals surface area contributed by atoms with Crippen LogP contribution in [0.5, 0.6) is 0 Å². The van der Waals surface area contributed by atoms with Crippen LogP contribution in [-0.2, 0) is 19.5 Å². The maximum Gasteiger partial charge on any atom is 0.154 e. The minimum atomic E-state index is 0.554. The topological polar surface area (TPSA) is 74.6 Å². The summed E-state index contributed by atoms with van der Waals surface area (Å²) in [7, 11) is 0. The summed E-state index contributed by atoms with van der Waals surface area (Å²) >= 11 is 0. The zero-order valence-electron chi connectivity index (χ0n) is 9.22. The average Bonchev–Trinajstić information content (AvgIpc) is 2.86. The Bertz CT molecular complexity index is 523. The fourth-order valence-corrected chi connectivity index (χ4v) is 2.16. The maximum absolute atomic E-state index is 5.65. The van der Waals surface area contributed by atoms with Gasteiger partial charge in [-0.05, 0) is 13.3 Å². The predicted molar refractivity (Wildman–Crippen MR) is 58.8 cm³/mol. The molecule has 1 aliphatic heterocycles. The summed E-state index contributed by atoms with van der Waals surface area (Å²) in [5, 5.41) is 12.6. The van der Waals surface area contributed by atoms with Gasteiger partial charge in [0.1, 0.15) is 18.2 Å². The Balaban J connectivity index is 1.92. The molecular formula is C10H14N6. The van der Waals surface area contributed by atoms with Gasteiger partial charge in [0.05, 0.1) is 0 Å². The van der Waals surface area contributed by atoms with Gasteiger partial charge in [-0.3, -0.25) is 4.68 Å². The summed E-state index contributed by atoms with van der Waals surface area (Å²) in [6.07, 6.45) is 2.20. The number of rotatable bonds is 2. The molecule has 0 bridgehead atoms. The molecule has 0 saturated carbocycles. The quantitative estimate of drug-likeness (QED) is 0.789. The molecule has 0 fully saturated rings. The van der Waals surface area contributed by atoms with E-state index in [-0.39, 0.29) is 0 Å². The van der Waals surface area contributed by atoms with E-state index in [0.717, 1.165) is 36.7 Å². The molecule has 0 aromatic carbocycles. The van der Waals surface area contributed by atoms with Gasteiger partial charge in [-0.15, -0.1) is 10.2 Å². The molecule has 0 aliphatic carbocycles. The number of nitrogen functional groups attached to an aromatic ring is 1. The van der Waals surface area contributed by atoms with Gasteiger partial charge in [0.15, 0.2) is 5.82 Å². The van der Waals surface area contributed by atoms with Crippen molar-refractivity contribution in [3.8, 4) is 0 Å². The molecule has 84 valence electrons. The molecule has 0 amide bonds. The Labute approximate surface area is 93.1 Å². The average molecular weight is 218 g/mol. The van der Waals surface area contributed by atoms with Crippen LogP contribution in [0.25, 0.3) is 0 Å². The standard InChI is InChI=1S/C10H14N6/c1-7-5-8(11)14-16(7)6-10-13-12-9-3-2-4-15(9)10/h5H,2-4,6H2,1H3,(H2,11,14). The lowest BCUT2D eigenvalue weighted by molar-refractivity contribution is 0.594. The molecular weight excluding hydrogens is 204 g/mol. The first kappa shape index (κ1) is 9.38. The number of hydrogen-bond donors (Lipinski definition) is 1. The van der Waals surface area contributed by atoms with Crippen LogP contribution in [0.2, 0.25) is 0 Å². The van der Waals surface area contributed by atoms with E-state index in [1.165, 1.54) is 0 Å². The summed E-state index contributed by atoms with van der Waals surface area (Å²) in [5.41, 5.74) is 6.70. The van der Waals surface area contributed by atoms with Gasteiger partial charge in [-0.2, -0.15) is 5.10 Å². The van der Waals surface area contributed by atoms with Gasteiger partial charge in [-0.25, -0.2) is 0 Å². The molecule has 2 aromatic rings. The van der Waals surface area contributed by atoms with E-state index in [4.69, 9.17) is 5.73 Å². The van der Waals surface area contributed by atoms with Crippen molar-refractivity contribution in [1.29, 1.82) is 0 Å². The molecule has 0 atom stereocenters. The van der Waals surface area contributed by atoms with Crippen molar-refractivity contribution in [2.45, 2.75) is 32.9 Å². The summed E-state index contributed by atoms with van der Waals surface area (Å²) in [4.78, 5) is 0. The normalized spacial score (nSPS) is 14.3. The number of aryl methyl sites for hydroxylation is 2. The molecule has 3 heterocycles. The van der Waals surface area contributed by atoms with Gasteiger partial charge in [-0.1, -0.05) is 0 Å². The Morgan fingerprint density at radius 2 is 2.31 bits per heavy atom. The van der Waals surface area contributed by atoms with Crippen molar-refractivity contribution in [1.82, 2.24) is 24.5 Å². The lowest BCUT2D eigenvalue weighted by Gasteiger charge is -2.04. The zero-order chi connectivity index (χ0) is 11.1. The molecule has 0 spiro atoms. The van der Waals surface area contributed by atoms with E-state index in [2.05, 4.69) is 19.9 Å². The second-order valence-corrected chi connectivity index (χ2v) is 4.16. The van der Waals surface area contributed by atoms with Crippen LogP contribution in [-0.4, -0.2) is 24.5 Å². The largest absolute Gasteiger partial charge is 0.382 e. The van der Waals surface area contributed by atoms with Crippen molar-refractivity contribution in [2.24, 2.45) is 0 Å². The monoisotopic (exact) mass is 218 g/mol. The van der Waals surface area contributed by atoms with Crippen LogP contribution in [0.4, 0.5) is 5.82 Å². The summed E-state index contributed by atoms with van der Waals surface area (Å²) in [6, 6.07) is 1.86. The number of hydrogen-bond acceptors (Lipinski definition) is 4. The van der Waals surface area contributed by atoms with Crippen LogP contribution in [0, 0.1) is 6.92 Å². The van der Waals surface area contributed by atoms with Gasteiger partial charge >= 0.3 is 0 Å². The summed E-state index contributed by atoms with van der Waals surface area (Å²) < 4.78 is 4.04. The highest BCUT2D eigenvalue weighted by molar-refractivity contribution is 5.29. The van der Waals surface area contributed by atoms with Crippen molar-refractivity contribution >= 4 is 5.82 Å². The third kappa shape index (κ3) is 1.37. The van der Waals surface area contributed by atoms with Gasteiger partial charge in [0.2, 0.25) is 0 Å². The molecule has 3 rings (SSSR count). The van der Waals surface area contributed by atoms with Crippen LogP contribution in [0.1, 0.15) is 23.8 Å². The van der Waals surface area contributed by atoms with E-state index < -0.39 is 0 Å². The third-order valence-corrected chi connectivity index (χ3v) is 2.98. The van der Waals surface area contributed by atoms with Crippen molar-refractivity contribution < 1.29 is 0 Å². The maximum atomic E-state index is 5.65. The Hall–Kier alpha value is -1.85. The lowest BCUT2D eigenvalue weighted by Crippen LogP contribution is -2.10. The van der Waals surface area contributed by atoms with Gasteiger partial charge < -0.3 is 10.3 Å². The molecule has 1 aliphatic rings. The van der Waals surface area contributed by atoms with E-state index in [1.807, 2.05) is 17.7 Å². The van der Waals surface area contributed by atoms with Crippen LogP contribution >= 0.6 is 0 Å². The molecule has 0 unspecified atom stereocenters. The molecule has 0 radical (unpaired) electrons. The predicted octanol–water partition coefficient (Wildman–Crippen LogP) is 0.360. The number of nitrogens with zero attached hydrogens (tertiary/aromatic N) is 5. The van der Waals surface area contributed by atoms with E-state index in [1.54, 1.807) is 0 Å². The zero-order valence-corrected chi connectivity index (χ0v) is 9.22. The number of aromatic nitrogens is 5. The number of anilines is 1. The first-order valence-electron chi connectivity index (χ1n) is 5.45. The summed E-state index contributed by atoms with van der Waals surface area (Å²) in [5.74, 6) is 2.62. The highest BCUT2D eigenvalue weighted by Gasteiger charge is 2.17. The van der Waals surface area contributed by atoms with Crippen molar-refractivity contribution in [3.63, 3.8) is 0 Å². The minimum Gasteiger partial charge on any atom is -0.382 e. The van der Waals surface area contributed by atoms with Crippen LogP contribution in [0.3, 0.4) is 0 Å². The van der Waals surface area contributed by atoms with Crippen molar-refractivity contribution in [2.75, 3.05) is 5.73 Å². The van der Waals surface area contributed by atoms with Crippen LogP contribution in [0.15, 0.2) is 6.07 Å². The number of fused-ring (bicyclic) bond motifs is 1.